The highest BCUT2D eigenvalue weighted by molar-refractivity contribution is 5.74. The number of rotatable bonds is 4. The van der Waals surface area contributed by atoms with Crippen molar-refractivity contribution in [3.63, 3.8) is 0 Å². The zero-order valence-corrected chi connectivity index (χ0v) is 10.7. The summed E-state index contributed by atoms with van der Waals surface area (Å²) in [6.07, 6.45) is -9.01. The van der Waals surface area contributed by atoms with Gasteiger partial charge in [-0.05, 0) is 13.0 Å². The van der Waals surface area contributed by atoms with Gasteiger partial charge in [-0.3, -0.25) is 4.79 Å². The van der Waals surface area contributed by atoms with Crippen LogP contribution in [0.2, 0.25) is 0 Å². The molecule has 114 valence electrons. The van der Waals surface area contributed by atoms with Crippen molar-refractivity contribution in [2.24, 2.45) is 0 Å². The van der Waals surface area contributed by atoms with Gasteiger partial charge in [0.05, 0.1) is 13.0 Å². The quantitative estimate of drug-likeness (QED) is 0.633. The molecule has 0 spiro atoms. The third-order valence-corrected chi connectivity index (χ3v) is 2.42. The number of ether oxygens (including phenoxy) is 1. The van der Waals surface area contributed by atoms with Gasteiger partial charge in [-0.2, -0.15) is 18.4 Å². The second-order valence-electron chi connectivity index (χ2n) is 3.82. The molecule has 4 nitrogen and oxygen atoms in total. The van der Waals surface area contributed by atoms with Gasteiger partial charge in [-0.15, -0.1) is 0 Å². The number of nitriles is 1. The molecule has 0 fully saturated rings. The topological polar surface area (TPSA) is 63.0 Å². The van der Waals surface area contributed by atoms with E-state index in [9.17, 15) is 26.7 Å². The predicted octanol–water partition coefficient (Wildman–Crippen LogP) is 3.02. The number of hydrogen-bond acceptors (Lipinski definition) is 4. The molecule has 0 aromatic carbocycles. The van der Waals surface area contributed by atoms with Gasteiger partial charge >= 0.3 is 12.1 Å². The van der Waals surface area contributed by atoms with E-state index in [2.05, 4.69) is 9.72 Å². The first kappa shape index (κ1) is 16.8. The van der Waals surface area contributed by atoms with Crippen molar-refractivity contribution in [3.8, 4) is 6.07 Å². The smallest absolute Gasteiger partial charge is 0.433 e. The molecule has 0 N–H and O–H groups in total. The zero-order chi connectivity index (χ0) is 16.2. The van der Waals surface area contributed by atoms with Crippen molar-refractivity contribution in [3.05, 3.63) is 28.6 Å². The second kappa shape index (κ2) is 6.47. The van der Waals surface area contributed by atoms with Crippen molar-refractivity contribution in [1.29, 1.82) is 5.26 Å². The highest BCUT2D eigenvalue weighted by Crippen LogP contribution is 2.33. The van der Waals surface area contributed by atoms with E-state index in [-0.39, 0.29) is 12.7 Å². The summed E-state index contributed by atoms with van der Waals surface area (Å²) in [5, 5.41) is 8.78. The highest BCUT2D eigenvalue weighted by atomic mass is 19.4. The van der Waals surface area contributed by atoms with Crippen LogP contribution in [-0.2, 0) is 22.1 Å². The van der Waals surface area contributed by atoms with Crippen LogP contribution < -0.4 is 0 Å². The number of halogens is 5. The third kappa shape index (κ3) is 4.11. The van der Waals surface area contributed by atoms with Crippen LogP contribution in [-0.4, -0.2) is 17.6 Å². The van der Waals surface area contributed by atoms with Crippen LogP contribution >= 0.6 is 0 Å². The van der Waals surface area contributed by atoms with Gasteiger partial charge in [0, 0.05) is 11.1 Å². The first-order valence-corrected chi connectivity index (χ1v) is 5.65. The maximum absolute atomic E-state index is 12.9. The number of hydrogen-bond donors (Lipinski definition) is 0. The van der Waals surface area contributed by atoms with Gasteiger partial charge in [0.2, 0.25) is 0 Å². The summed E-state index contributed by atoms with van der Waals surface area (Å²) in [7, 11) is 0. The molecule has 0 aliphatic rings. The monoisotopic (exact) mass is 308 g/mol. The fraction of sp³-hybridized carbons (Fsp3) is 0.417. The van der Waals surface area contributed by atoms with Crippen LogP contribution in [0.5, 0.6) is 0 Å². The maximum atomic E-state index is 12.9. The molecule has 1 rings (SSSR count). The van der Waals surface area contributed by atoms with E-state index in [1.807, 2.05) is 0 Å². The SMILES string of the molecule is CCOC(=O)Cc1c(C(F)F)cc(C(F)(F)F)nc1C#N. The minimum Gasteiger partial charge on any atom is -0.466 e. The molecular formula is C12H9F5N2O2. The summed E-state index contributed by atoms with van der Waals surface area (Å²) in [6.45, 7) is 1.45. The molecule has 0 bridgehead atoms. The third-order valence-electron chi connectivity index (χ3n) is 2.42. The van der Waals surface area contributed by atoms with E-state index in [1.54, 1.807) is 0 Å². The number of aromatic nitrogens is 1. The Bertz CT molecular complexity index is 578. The average Bonchev–Trinajstić information content (AvgIpc) is 2.37. The lowest BCUT2D eigenvalue weighted by Gasteiger charge is -2.13. The predicted molar refractivity (Wildman–Crippen MR) is 59.2 cm³/mol. The van der Waals surface area contributed by atoms with Crippen molar-refractivity contribution in [2.45, 2.75) is 25.9 Å². The van der Waals surface area contributed by atoms with Gasteiger partial charge in [-0.25, -0.2) is 13.8 Å². The number of pyridine rings is 1. The Morgan fingerprint density at radius 2 is 2.10 bits per heavy atom. The maximum Gasteiger partial charge on any atom is 0.433 e. The molecule has 0 radical (unpaired) electrons. The summed E-state index contributed by atoms with van der Waals surface area (Å²) >= 11 is 0. The molecule has 0 unspecified atom stereocenters. The van der Waals surface area contributed by atoms with Gasteiger partial charge in [-0.1, -0.05) is 0 Å². The molecule has 1 heterocycles. The van der Waals surface area contributed by atoms with E-state index in [1.165, 1.54) is 13.0 Å². The molecule has 0 atom stereocenters. The number of carbonyl (C=O) groups excluding carboxylic acids is 1. The Balaban J connectivity index is 3.41. The van der Waals surface area contributed by atoms with E-state index >= 15 is 0 Å². The van der Waals surface area contributed by atoms with E-state index in [4.69, 9.17) is 5.26 Å². The Kier molecular flexibility index (Phi) is 5.18. The van der Waals surface area contributed by atoms with Crippen LogP contribution in [0.4, 0.5) is 22.0 Å². The Morgan fingerprint density at radius 1 is 1.48 bits per heavy atom. The molecule has 0 amide bonds. The fourth-order valence-electron chi connectivity index (χ4n) is 1.57. The molecule has 21 heavy (non-hydrogen) atoms. The number of carbonyl (C=O) groups is 1. The van der Waals surface area contributed by atoms with Crippen LogP contribution in [0.25, 0.3) is 0 Å². The molecule has 9 heteroatoms. The van der Waals surface area contributed by atoms with Gasteiger partial charge in [0.25, 0.3) is 6.43 Å². The van der Waals surface area contributed by atoms with E-state index < -0.39 is 47.5 Å². The van der Waals surface area contributed by atoms with Gasteiger partial charge in [0.15, 0.2) is 0 Å². The lowest BCUT2D eigenvalue weighted by atomic mass is 10.0. The minimum atomic E-state index is -4.97. The van der Waals surface area contributed by atoms with Crippen molar-refractivity contribution in [1.82, 2.24) is 4.98 Å². The number of esters is 1. The molecule has 1 aromatic heterocycles. The lowest BCUT2D eigenvalue weighted by molar-refractivity contribution is -0.142. The van der Waals surface area contributed by atoms with E-state index in [0.717, 1.165) is 0 Å². The molecule has 0 saturated heterocycles. The standard InChI is InChI=1S/C12H9F5N2O2/c1-2-21-10(20)4-6-7(11(13)14)3-9(12(15,16)17)19-8(6)5-18/h3,11H,2,4H2,1H3. The molecule has 1 aromatic rings. The Hall–Kier alpha value is -2.24. The molecule has 0 aliphatic heterocycles. The van der Waals surface area contributed by atoms with Crippen LogP contribution in [0.15, 0.2) is 6.07 Å². The molecule has 0 saturated carbocycles. The first-order chi connectivity index (χ1) is 9.70. The first-order valence-electron chi connectivity index (χ1n) is 5.65. The highest BCUT2D eigenvalue weighted by Gasteiger charge is 2.35. The van der Waals surface area contributed by atoms with Crippen molar-refractivity contribution in [2.75, 3.05) is 6.61 Å². The number of nitrogens with zero attached hydrogens (tertiary/aromatic N) is 2. The molecular weight excluding hydrogens is 299 g/mol. The summed E-state index contributed by atoms with van der Waals surface area (Å²) in [5.74, 6) is -0.933. The summed E-state index contributed by atoms with van der Waals surface area (Å²) < 4.78 is 68.0. The van der Waals surface area contributed by atoms with E-state index in [0.29, 0.717) is 0 Å². The van der Waals surface area contributed by atoms with Gasteiger partial charge < -0.3 is 4.74 Å². The van der Waals surface area contributed by atoms with Crippen LogP contribution in [0.1, 0.15) is 35.9 Å². The largest absolute Gasteiger partial charge is 0.466 e. The lowest BCUT2D eigenvalue weighted by Crippen LogP contribution is -2.16. The Labute approximate surface area is 116 Å². The second-order valence-corrected chi connectivity index (χ2v) is 3.82. The summed E-state index contributed by atoms with van der Waals surface area (Å²) in [6, 6.07) is 1.44. The molecule has 0 aliphatic carbocycles. The minimum absolute atomic E-state index is 0.0290. The normalized spacial score (nSPS) is 11.3. The van der Waals surface area contributed by atoms with Crippen LogP contribution in [0, 0.1) is 11.3 Å². The Morgan fingerprint density at radius 3 is 2.52 bits per heavy atom. The fourth-order valence-corrected chi connectivity index (χ4v) is 1.57. The van der Waals surface area contributed by atoms with Crippen molar-refractivity contribution >= 4 is 5.97 Å². The average molecular weight is 308 g/mol. The number of alkyl halides is 5. The van der Waals surface area contributed by atoms with Crippen LogP contribution in [0.3, 0.4) is 0 Å². The summed E-state index contributed by atoms with van der Waals surface area (Å²) in [4.78, 5) is 14.3. The summed E-state index contributed by atoms with van der Waals surface area (Å²) in [5.41, 5.74) is -4.09. The zero-order valence-electron chi connectivity index (χ0n) is 10.7. The van der Waals surface area contributed by atoms with Crippen molar-refractivity contribution < 1.29 is 31.5 Å². The van der Waals surface area contributed by atoms with Gasteiger partial charge in [0.1, 0.15) is 17.5 Å².